The number of hydrogen-bond acceptors (Lipinski definition) is 4. The Morgan fingerprint density at radius 3 is 1.44 bits per heavy atom. The fraction of sp³-hybridized carbons (Fsp3) is 1.00. The largest absolute Gasteiger partial charge is 0.314 e. The van der Waals surface area contributed by atoms with E-state index in [9.17, 15) is 0 Å². The molecule has 0 aromatic heterocycles. The Bertz CT molecular complexity index is 57.6. The molecule has 5 heteroatoms. The maximum Gasteiger partial charge on any atom is 0.314 e. The van der Waals surface area contributed by atoms with Crippen LogP contribution in [-0.2, 0) is 0 Å². The third-order valence-electron chi connectivity index (χ3n) is 0.791. The average Bonchev–Trinajstić information content (AvgIpc) is 1.63. The summed E-state index contributed by atoms with van der Waals surface area (Å²) in [5, 5.41) is 9.91. The van der Waals surface area contributed by atoms with Crippen molar-refractivity contribution in [2.24, 2.45) is 0 Å². The van der Waals surface area contributed by atoms with Crippen molar-refractivity contribution in [3.05, 3.63) is 0 Å². The van der Waals surface area contributed by atoms with E-state index in [-0.39, 0.29) is 0 Å². The minimum Gasteiger partial charge on any atom is -0.280 e. The van der Waals surface area contributed by atoms with Gasteiger partial charge in [-0.3, -0.25) is 20.7 Å². The van der Waals surface area contributed by atoms with Crippen LogP contribution in [0.25, 0.3) is 0 Å². The van der Waals surface area contributed by atoms with Gasteiger partial charge in [-0.2, -0.15) is 0 Å². The van der Waals surface area contributed by atoms with Crippen molar-refractivity contribution in [1.29, 1.82) is 0 Å². The average molecular weight is 130 g/mol. The fourth-order valence-electron chi connectivity index (χ4n) is 0.352. The number of nitrogens with one attached hydrogen (secondary N) is 2. The molecule has 0 rings (SSSR count). The van der Waals surface area contributed by atoms with Crippen LogP contribution in [-0.4, -0.2) is 45.8 Å². The van der Waals surface area contributed by atoms with E-state index >= 15 is 0 Å². The lowest BCUT2D eigenvalue weighted by Crippen LogP contribution is -2.46. The Balaban J connectivity index is 2.91. The molecule has 0 radical (unpaired) electrons. The first-order chi connectivity index (χ1) is 4.13. The maximum atomic E-state index is 3.06. The summed E-state index contributed by atoms with van der Waals surface area (Å²) in [5.74, 6) is 0. The van der Waals surface area contributed by atoms with Crippen LogP contribution in [0.5, 0.6) is 0 Å². The molecule has 2 N–H and O–H groups in total. The van der Waals surface area contributed by atoms with Crippen molar-refractivity contribution in [2.45, 2.75) is 0 Å². The normalized spacial score (nSPS) is 10.9. The topological polar surface area (TPSA) is 30.5 Å². The van der Waals surface area contributed by atoms with E-state index in [0.29, 0.717) is 0 Å². The Labute approximate surface area is 57.4 Å². The molecule has 0 bridgehead atoms. The third kappa shape index (κ3) is 7.90. The lowest BCUT2D eigenvalue weighted by Gasteiger charge is -2.14. The highest BCUT2D eigenvalue weighted by Gasteiger charge is 1.90. The van der Waals surface area contributed by atoms with Gasteiger partial charge in [-0.1, -0.05) is 0 Å². The zero-order valence-electron chi connectivity index (χ0n) is 6.60. The van der Waals surface area contributed by atoms with Crippen LogP contribution in [0.1, 0.15) is 0 Å². The quantitative estimate of drug-likeness (QED) is 0.354. The van der Waals surface area contributed by atoms with Crippen molar-refractivity contribution in [1.82, 2.24) is 20.7 Å². The highest BCUT2D eigenvalue weighted by Crippen LogP contribution is 1.59. The van der Waals surface area contributed by atoms with Gasteiger partial charge in [0, 0.05) is 28.2 Å². The van der Waals surface area contributed by atoms with Crippen molar-refractivity contribution >= 4 is 7.55 Å². The molecule has 0 spiro atoms. The van der Waals surface area contributed by atoms with Gasteiger partial charge in [0.25, 0.3) is 0 Å². The van der Waals surface area contributed by atoms with E-state index in [0.717, 1.165) is 7.55 Å². The summed E-state index contributed by atoms with van der Waals surface area (Å²) in [6.07, 6.45) is 0. The zero-order chi connectivity index (χ0) is 7.28. The summed E-state index contributed by atoms with van der Waals surface area (Å²) < 4.78 is 0. The van der Waals surface area contributed by atoms with Gasteiger partial charge in [0.1, 0.15) is 0 Å². The molecule has 0 aliphatic heterocycles. The first-order valence-corrected chi connectivity index (χ1v) is 2.94. The molecule has 0 aromatic rings. The molecular formula is C4H15BN4. The highest BCUT2D eigenvalue weighted by molar-refractivity contribution is 6.28. The van der Waals surface area contributed by atoms with Gasteiger partial charge < -0.3 is 0 Å². The summed E-state index contributed by atoms with van der Waals surface area (Å²) in [4.78, 5) is 0. The number of hydrazine groups is 2. The van der Waals surface area contributed by atoms with Gasteiger partial charge in [0.15, 0.2) is 0 Å². The lowest BCUT2D eigenvalue weighted by molar-refractivity contribution is 0.334. The zero-order valence-corrected chi connectivity index (χ0v) is 6.60. The molecule has 54 valence electrons. The molecule has 0 heterocycles. The standard InChI is InChI=1S/C4H15BN4/c1-8(2)6-5-7-9(3)4/h5-7H,1-4H3. The first-order valence-electron chi connectivity index (χ1n) is 2.94. The maximum absolute atomic E-state index is 3.06. The van der Waals surface area contributed by atoms with Gasteiger partial charge in [0.05, 0.1) is 0 Å². The van der Waals surface area contributed by atoms with Crippen LogP contribution in [0.15, 0.2) is 0 Å². The predicted molar refractivity (Wildman–Crippen MR) is 40.8 cm³/mol. The Hall–Kier alpha value is -0.0951. The molecule has 0 atom stereocenters. The molecule has 0 unspecified atom stereocenters. The number of rotatable bonds is 4. The van der Waals surface area contributed by atoms with E-state index in [2.05, 4.69) is 10.7 Å². The van der Waals surface area contributed by atoms with Gasteiger partial charge in [0.2, 0.25) is 0 Å². The van der Waals surface area contributed by atoms with Crippen molar-refractivity contribution in [2.75, 3.05) is 28.2 Å². The number of nitrogens with zero attached hydrogens (tertiary/aromatic N) is 2. The van der Waals surface area contributed by atoms with Crippen LogP contribution in [0, 0.1) is 0 Å². The summed E-state index contributed by atoms with van der Waals surface area (Å²) >= 11 is 0. The summed E-state index contributed by atoms with van der Waals surface area (Å²) in [6.45, 7) is 0. The van der Waals surface area contributed by atoms with Gasteiger partial charge >= 0.3 is 7.55 Å². The van der Waals surface area contributed by atoms with E-state index in [4.69, 9.17) is 0 Å². The van der Waals surface area contributed by atoms with Crippen molar-refractivity contribution in [3.8, 4) is 0 Å². The summed E-state index contributed by atoms with van der Waals surface area (Å²) in [5.41, 5.74) is 0. The summed E-state index contributed by atoms with van der Waals surface area (Å²) in [6, 6.07) is 0. The van der Waals surface area contributed by atoms with Gasteiger partial charge in [-0.05, 0) is 0 Å². The van der Waals surface area contributed by atoms with Crippen LogP contribution in [0.4, 0.5) is 0 Å². The smallest absolute Gasteiger partial charge is 0.280 e. The molecule has 0 saturated heterocycles. The number of hydrogen-bond donors (Lipinski definition) is 2. The highest BCUT2D eigenvalue weighted by atomic mass is 15.5. The van der Waals surface area contributed by atoms with E-state index in [1.165, 1.54) is 0 Å². The predicted octanol–water partition coefficient (Wildman–Crippen LogP) is -1.61. The van der Waals surface area contributed by atoms with Gasteiger partial charge in [-0.25, -0.2) is 0 Å². The van der Waals surface area contributed by atoms with Crippen molar-refractivity contribution < 1.29 is 0 Å². The van der Waals surface area contributed by atoms with Gasteiger partial charge in [-0.15, -0.1) is 0 Å². The second-order valence-corrected chi connectivity index (χ2v) is 2.28. The molecule has 0 aliphatic rings. The second-order valence-electron chi connectivity index (χ2n) is 2.28. The molecule has 4 nitrogen and oxygen atoms in total. The van der Waals surface area contributed by atoms with Crippen LogP contribution >= 0.6 is 0 Å². The van der Waals surface area contributed by atoms with E-state index in [1.807, 2.05) is 38.2 Å². The lowest BCUT2D eigenvalue weighted by atomic mass is 10.2. The van der Waals surface area contributed by atoms with Crippen LogP contribution in [0.2, 0.25) is 0 Å². The molecule has 0 saturated carbocycles. The SMILES string of the molecule is CN(C)NBNN(C)C. The molecule has 0 fully saturated rings. The first kappa shape index (κ1) is 8.90. The van der Waals surface area contributed by atoms with E-state index in [1.54, 1.807) is 0 Å². The Morgan fingerprint density at radius 2 is 1.22 bits per heavy atom. The summed E-state index contributed by atoms with van der Waals surface area (Å²) in [7, 11) is 8.59. The van der Waals surface area contributed by atoms with Crippen LogP contribution < -0.4 is 10.7 Å². The monoisotopic (exact) mass is 130 g/mol. The Morgan fingerprint density at radius 1 is 0.889 bits per heavy atom. The third-order valence-corrected chi connectivity index (χ3v) is 0.791. The minimum absolute atomic E-state index is 0.764. The molecule has 0 aromatic carbocycles. The Kier molecular flexibility index (Phi) is 4.70. The minimum atomic E-state index is 0.764. The molecule has 0 aliphatic carbocycles. The van der Waals surface area contributed by atoms with E-state index < -0.39 is 0 Å². The van der Waals surface area contributed by atoms with Crippen LogP contribution in [0.3, 0.4) is 0 Å². The van der Waals surface area contributed by atoms with Crippen molar-refractivity contribution in [3.63, 3.8) is 0 Å². The fourth-order valence-corrected chi connectivity index (χ4v) is 0.352. The molecular weight excluding hydrogens is 115 g/mol. The molecule has 0 amide bonds. The molecule has 9 heavy (non-hydrogen) atoms. The second kappa shape index (κ2) is 4.75.